The van der Waals surface area contributed by atoms with Gasteiger partial charge in [0.05, 0.1) is 24.8 Å². The van der Waals surface area contributed by atoms with Crippen LogP contribution in [-0.4, -0.2) is 28.5 Å². The van der Waals surface area contributed by atoms with Crippen LogP contribution in [0.2, 0.25) is 0 Å². The van der Waals surface area contributed by atoms with Crippen molar-refractivity contribution in [1.29, 1.82) is 0 Å². The van der Waals surface area contributed by atoms with Crippen LogP contribution in [0.15, 0.2) is 47.4 Å². The Hall–Kier alpha value is -2.74. The zero-order chi connectivity index (χ0) is 20.0. The molecule has 146 valence electrons. The zero-order valence-electron chi connectivity index (χ0n) is 15.8. The fourth-order valence-electron chi connectivity index (χ4n) is 2.40. The van der Waals surface area contributed by atoms with Crippen molar-refractivity contribution in [1.82, 2.24) is 0 Å². The molecule has 2 aromatic rings. The fraction of sp³-hybridized carbons (Fsp3) is 0.316. The first-order valence-electron chi connectivity index (χ1n) is 8.40. The Balaban J connectivity index is 2.27. The highest BCUT2D eigenvalue weighted by atomic mass is 32.2. The summed E-state index contributed by atoms with van der Waals surface area (Å²) >= 11 is 0. The first-order valence-corrected chi connectivity index (χ1v) is 9.88. The Morgan fingerprint density at radius 2 is 1.70 bits per heavy atom. The summed E-state index contributed by atoms with van der Waals surface area (Å²) in [6.07, 6.45) is 0.324. The van der Waals surface area contributed by atoms with Gasteiger partial charge in [-0.25, -0.2) is 8.42 Å². The van der Waals surface area contributed by atoms with Gasteiger partial charge in [0.25, 0.3) is 10.0 Å². The van der Waals surface area contributed by atoms with Crippen molar-refractivity contribution < 1.29 is 22.7 Å². The van der Waals surface area contributed by atoms with Crippen LogP contribution in [-0.2, 0) is 14.8 Å². The summed E-state index contributed by atoms with van der Waals surface area (Å²) in [4.78, 5) is 12.1. The number of sulfonamides is 1. The van der Waals surface area contributed by atoms with Crippen molar-refractivity contribution in [2.24, 2.45) is 5.92 Å². The number of methoxy groups -OCH3 is 2. The summed E-state index contributed by atoms with van der Waals surface area (Å²) in [5.74, 6) is 0.980. The van der Waals surface area contributed by atoms with E-state index >= 15 is 0 Å². The molecule has 0 aliphatic heterocycles. The average molecular weight is 392 g/mol. The molecule has 0 fully saturated rings. The van der Waals surface area contributed by atoms with Gasteiger partial charge >= 0.3 is 0 Å². The zero-order valence-corrected chi connectivity index (χ0v) is 16.6. The number of rotatable bonds is 8. The number of benzene rings is 2. The van der Waals surface area contributed by atoms with Gasteiger partial charge in [-0.3, -0.25) is 9.52 Å². The molecule has 27 heavy (non-hydrogen) atoms. The molecule has 1 amide bonds. The second-order valence-corrected chi connectivity index (χ2v) is 8.02. The Bertz CT molecular complexity index is 893. The van der Waals surface area contributed by atoms with Gasteiger partial charge in [-0.1, -0.05) is 13.8 Å². The van der Waals surface area contributed by atoms with Crippen LogP contribution in [0.1, 0.15) is 20.3 Å². The monoisotopic (exact) mass is 392 g/mol. The first-order chi connectivity index (χ1) is 12.7. The molecule has 7 nitrogen and oxygen atoms in total. The normalized spacial score (nSPS) is 11.1. The van der Waals surface area contributed by atoms with Crippen LogP contribution in [0.25, 0.3) is 0 Å². The van der Waals surface area contributed by atoms with E-state index in [0.29, 0.717) is 29.3 Å². The van der Waals surface area contributed by atoms with E-state index in [9.17, 15) is 13.2 Å². The Morgan fingerprint density at radius 3 is 2.26 bits per heavy atom. The van der Waals surface area contributed by atoms with Crippen molar-refractivity contribution in [2.45, 2.75) is 25.2 Å². The van der Waals surface area contributed by atoms with Crippen LogP contribution in [0, 0.1) is 5.92 Å². The molecule has 0 unspecified atom stereocenters. The van der Waals surface area contributed by atoms with Crippen LogP contribution < -0.4 is 19.5 Å². The Labute approximate surface area is 159 Å². The minimum Gasteiger partial charge on any atom is -0.497 e. The van der Waals surface area contributed by atoms with Gasteiger partial charge < -0.3 is 14.8 Å². The molecule has 0 saturated carbocycles. The molecule has 8 heteroatoms. The van der Waals surface area contributed by atoms with Crippen LogP contribution in [0.5, 0.6) is 11.5 Å². The lowest BCUT2D eigenvalue weighted by Crippen LogP contribution is -2.16. The number of amides is 1. The lowest BCUT2D eigenvalue weighted by Gasteiger charge is -2.14. The maximum atomic E-state index is 12.7. The van der Waals surface area contributed by atoms with Crippen LogP contribution in [0.3, 0.4) is 0 Å². The van der Waals surface area contributed by atoms with E-state index in [-0.39, 0.29) is 16.7 Å². The van der Waals surface area contributed by atoms with E-state index in [0.717, 1.165) is 0 Å². The minimum atomic E-state index is -3.84. The Kier molecular flexibility index (Phi) is 6.68. The van der Waals surface area contributed by atoms with Gasteiger partial charge in [-0.15, -0.1) is 0 Å². The molecule has 0 radical (unpaired) electrons. The van der Waals surface area contributed by atoms with Gasteiger partial charge in [0.1, 0.15) is 11.5 Å². The highest BCUT2D eigenvalue weighted by molar-refractivity contribution is 7.92. The summed E-state index contributed by atoms with van der Waals surface area (Å²) < 4.78 is 38.1. The molecule has 2 aromatic carbocycles. The third-order valence-electron chi connectivity index (χ3n) is 3.69. The second-order valence-electron chi connectivity index (χ2n) is 6.34. The number of carbonyl (C=O) groups is 1. The van der Waals surface area contributed by atoms with E-state index < -0.39 is 10.0 Å². The van der Waals surface area contributed by atoms with Gasteiger partial charge in [0.15, 0.2) is 0 Å². The summed E-state index contributed by atoms with van der Waals surface area (Å²) in [5.41, 5.74) is 0.706. The van der Waals surface area contributed by atoms with Gasteiger partial charge in [0.2, 0.25) is 5.91 Å². The third kappa shape index (κ3) is 5.62. The van der Waals surface area contributed by atoms with Crippen LogP contribution >= 0.6 is 0 Å². The smallest absolute Gasteiger partial charge is 0.261 e. The van der Waals surface area contributed by atoms with E-state index in [4.69, 9.17) is 9.47 Å². The summed E-state index contributed by atoms with van der Waals surface area (Å²) in [6, 6.07) is 10.8. The SMILES string of the molecule is COc1ccc(NS(=O)(=O)c2ccc(OC)c(NC(=O)CC(C)C)c2)cc1. The summed E-state index contributed by atoms with van der Waals surface area (Å²) in [7, 11) is -0.848. The number of carbonyl (C=O) groups excluding carboxylic acids is 1. The van der Waals surface area contributed by atoms with E-state index in [1.165, 1.54) is 32.4 Å². The van der Waals surface area contributed by atoms with E-state index in [1.807, 2.05) is 13.8 Å². The van der Waals surface area contributed by atoms with Gasteiger partial charge in [0, 0.05) is 12.1 Å². The molecular formula is C19H24N2O5S. The topological polar surface area (TPSA) is 93.7 Å². The van der Waals surface area contributed by atoms with Crippen molar-refractivity contribution >= 4 is 27.3 Å². The molecule has 2 rings (SSSR count). The standard InChI is InChI=1S/C19H24N2O5S/c1-13(2)11-19(22)20-17-12-16(9-10-18(17)26-4)27(23,24)21-14-5-7-15(25-3)8-6-14/h5-10,12-13,21H,11H2,1-4H3,(H,20,22). The Morgan fingerprint density at radius 1 is 1.04 bits per heavy atom. The highest BCUT2D eigenvalue weighted by Gasteiger charge is 2.18. The predicted octanol–water partition coefficient (Wildman–Crippen LogP) is 3.49. The largest absolute Gasteiger partial charge is 0.497 e. The number of ether oxygens (including phenoxy) is 2. The number of nitrogens with one attached hydrogen (secondary N) is 2. The summed E-state index contributed by atoms with van der Waals surface area (Å²) in [6.45, 7) is 3.85. The highest BCUT2D eigenvalue weighted by Crippen LogP contribution is 2.29. The van der Waals surface area contributed by atoms with Crippen molar-refractivity contribution in [3.8, 4) is 11.5 Å². The first kappa shape index (κ1) is 20.6. The molecule has 0 bridgehead atoms. The quantitative estimate of drug-likeness (QED) is 0.717. The van der Waals surface area contributed by atoms with Crippen LogP contribution in [0.4, 0.5) is 11.4 Å². The summed E-state index contributed by atoms with van der Waals surface area (Å²) in [5, 5.41) is 2.71. The van der Waals surface area contributed by atoms with Gasteiger partial charge in [-0.05, 0) is 48.4 Å². The predicted molar refractivity (Wildman–Crippen MR) is 105 cm³/mol. The molecule has 0 spiro atoms. The lowest BCUT2D eigenvalue weighted by molar-refractivity contribution is -0.116. The molecule has 0 atom stereocenters. The molecular weight excluding hydrogens is 368 g/mol. The number of hydrogen-bond donors (Lipinski definition) is 2. The molecule has 0 saturated heterocycles. The van der Waals surface area contributed by atoms with Gasteiger partial charge in [-0.2, -0.15) is 0 Å². The van der Waals surface area contributed by atoms with Crippen molar-refractivity contribution in [3.05, 3.63) is 42.5 Å². The second kappa shape index (κ2) is 8.77. The molecule has 2 N–H and O–H groups in total. The molecule has 0 aliphatic rings. The third-order valence-corrected chi connectivity index (χ3v) is 5.07. The maximum absolute atomic E-state index is 12.7. The minimum absolute atomic E-state index is 0.0129. The van der Waals surface area contributed by atoms with E-state index in [2.05, 4.69) is 10.0 Å². The molecule has 0 aromatic heterocycles. The average Bonchev–Trinajstić information content (AvgIpc) is 2.61. The lowest BCUT2D eigenvalue weighted by atomic mass is 10.1. The van der Waals surface area contributed by atoms with Crippen molar-refractivity contribution in [2.75, 3.05) is 24.3 Å². The maximum Gasteiger partial charge on any atom is 0.261 e. The fourth-order valence-corrected chi connectivity index (χ4v) is 3.48. The number of hydrogen-bond acceptors (Lipinski definition) is 5. The molecule has 0 aliphatic carbocycles. The van der Waals surface area contributed by atoms with E-state index in [1.54, 1.807) is 24.3 Å². The molecule has 0 heterocycles. The van der Waals surface area contributed by atoms with Crippen molar-refractivity contribution in [3.63, 3.8) is 0 Å². The number of anilines is 2.